The highest BCUT2D eigenvalue weighted by Gasteiger charge is 2.33. The van der Waals surface area contributed by atoms with Crippen LogP contribution in [0.1, 0.15) is 30.5 Å². The van der Waals surface area contributed by atoms with E-state index in [2.05, 4.69) is 10.3 Å². The molecule has 0 radical (unpaired) electrons. The minimum atomic E-state index is -3.66. The van der Waals surface area contributed by atoms with Crippen molar-refractivity contribution < 1.29 is 22.7 Å². The molecule has 3 heterocycles. The number of fused-ring (bicyclic) bond motifs is 2. The Morgan fingerprint density at radius 3 is 2.55 bits per heavy atom. The smallest absolute Gasteiger partial charge is 0.245 e. The van der Waals surface area contributed by atoms with Crippen molar-refractivity contribution in [3.63, 3.8) is 0 Å². The maximum Gasteiger partial charge on any atom is 0.245 e. The van der Waals surface area contributed by atoms with Gasteiger partial charge in [-0.1, -0.05) is 24.3 Å². The van der Waals surface area contributed by atoms with Crippen LogP contribution >= 0.6 is 12.4 Å². The van der Waals surface area contributed by atoms with Gasteiger partial charge in [-0.3, -0.25) is 9.59 Å². The number of sulfonamides is 1. The number of hydrogen-bond donors (Lipinski definition) is 3. The van der Waals surface area contributed by atoms with Crippen molar-refractivity contribution in [1.82, 2.24) is 19.5 Å². The number of nitrogens with two attached hydrogens (primary N) is 1. The van der Waals surface area contributed by atoms with Gasteiger partial charge in [0.15, 0.2) is 0 Å². The molecule has 0 bridgehead atoms. The average molecular weight is 590 g/mol. The molecule has 1 fully saturated rings. The number of aromatic amines is 1. The monoisotopic (exact) mass is 589 g/mol. The lowest BCUT2D eigenvalue weighted by atomic mass is 9.97. The van der Waals surface area contributed by atoms with Gasteiger partial charge in [0.25, 0.3) is 0 Å². The van der Waals surface area contributed by atoms with Crippen LogP contribution in [0.3, 0.4) is 0 Å². The lowest BCUT2D eigenvalue weighted by Gasteiger charge is -2.33. The van der Waals surface area contributed by atoms with Crippen molar-refractivity contribution in [2.45, 2.75) is 49.7 Å². The number of aromatic nitrogens is 1. The van der Waals surface area contributed by atoms with Crippen LogP contribution in [0, 0.1) is 0 Å². The summed E-state index contributed by atoms with van der Waals surface area (Å²) in [5, 5.41) is 3.86. The van der Waals surface area contributed by atoms with Gasteiger partial charge < -0.3 is 25.7 Å². The van der Waals surface area contributed by atoms with Gasteiger partial charge in [-0.25, -0.2) is 8.42 Å². The Balaban J connectivity index is 0.00000370. The maximum atomic E-state index is 13.9. The highest BCUT2D eigenvalue weighted by atomic mass is 35.5. The highest BCUT2D eigenvalue weighted by molar-refractivity contribution is 7.89. The van der Waals surface area contributed by atoms with E-state index in [1.165, 1.54) is 4.31 Å². The third-order valence-corrected chi connectivity index (χ3v) is 9.29. The summed E-state index contributed by atoms with van der Waals surface area (Å²) in [5.41, 5.74) is 8.55. The summed E-state index contributed by atoms with van der Waals surface area (Å²) in [6, 6.07) is 12.1. The topological polar surface area (TPSA) is 138 Å². The quantitative estimate of drug-likeness (QED) is 0.385. The van der Waals surface area contributed by atoms with E-state index in [1.807, 2.05) is 36.5 Å². The van der Waals surface area contributed by atoms with Crippen LogP contribution in [0.4, 0.5) is 0 Å². The molecule has 2 aliphatic rings. The summed E-state index contributed by atoms with van der Waals surface area (Å²) in [5.74, 6) is -0.651. The molecule has 40 heavy (non-hydrogen) atoms. The normalized spacial score (nSPS) is 17.1. The number of nitrogens with zero attached hydrogens (tertiary/aromatic N) is 2. The van der Waals surface area contributed by atoms with Crippen molar-refractivity contribution >= 4 is 45.1 Å². The van der Waals surface area contributed by atoms with Gasteiger partial charge in [0.05, 0.1) is 23.6 Å². The number of morpholine rings is 1. The lowest BCUT2D eigenvalue weighted by Crippen LogP contribution is -2.57. The van der Waals surface area contributed by atoms with E-state index in [9.17, 15) is 18.0 Å². The van der Waals surface area contributed by atoms with E-state index in [4.69, 9.17) is 10.5 Å². The van der Waals surface area contributed by atoms with Gasteiger partial charge in [-0.05, 0) is 55.2 Å². The minimum Gasteiger partial charge on any atom is -0.379 e. The second kappa shape index (κ2) is 11.9. The van der Waals surface area contributed by atoms with Crippen LogP contribution in [-0.4, -0.2) is 78.9 Å². The number of carbonyl (C=O) groups is 2. The first kappa shape index (κ1) is 30.0. The molecule has 4 N–H and O–H groups in total. The molecule has 0 saturated carbocycles. The number of carbonyl (C=O) groups excluding carboxylic acids is 2. The number of hydrogen-bond acceptors (Lipinski definition) is 6. The summed E-state index contributed by atoms with van der Waals surface area (Å²) >= 11 is 0. The van der Waals surface area contributed by atoms with Crippen LogP contribution in [0.5, 0.6) is 0 Å². The third-order valence-electron chi connectivity index (χ3n) is 7.40. The average Bonchev–Trinajstić information content (AvgIpc) is 3.34. The molecular formula is C28H36ClN5O5S. The van der Waals surface area contributed by atoms with Gasteiger partial charge in [0.2, 0.25) is 21.8 Å². The second-order valence-corrected chi connectivity index (χ2v) is 12.7. The van der Waals surface area contributed by atoms with E-state index in [-0.39, 0.29) is 29.8 Å². The number of para-hydroxylation sites is 1. The van der Waals surface area contributed by atoms with Crippen molar-refractivity contribution in [2.75, 3.05) is 32.8 Å². The fourth-order valence-electron chi connectivity index (χ4n) is 5.10. The third kappa shape index (κ3) is 6.18. The highest BCUT2D eigenvalue weighted by Crippen LogP contribution is 2.26. The lowest BCUT2D eigenvalue weighted by molar-refractivity contribution is -0.138. The molecule has 1 aromatic heterocycles. The second-order valence-electron chi connectivity index (χ2n) is 10.8. The first-order chi connectivity index (χ1) is 18.5. The molecular weight excluding hydrogens is 554 g/mol. The van der Waals surface area contributed by atoms with Crippen LogP contribution in [0.25, 0.3) is 10.9 Å². The molecule has 2 aromatic carbocycles. The van der Waals surface area contributed by atoms with Crippen LogP contribution in [0.15, 0.2) is 53.6 Å². The Hall–Kier alpha value is -2.96. The molecule has 5 rings (SSSR count). The van der Waals surface area contributed by atoms with E-state index < -0.39 is 27.5 Å². The molecule has 0 aliphatic carbocycles. The predicted molar refractivity (Wildman–Crippen MR) is 155 cm³/mol. The minimum absolute atomic E-state index is 0. The predicted octanol–water partition coefficient (Wildman–Crippen LogP) is 1.96. The maximum absolute atomic E-state index is 13.9. The summed E-state index contributed by atoms with van der Waals surface area (Å²) in [6.45, 7) is 5.30. The number of H-pyrrole nitrogens is 1. The number of amides is 2. The van der Waals surface area contributed by atoms with Gasteiger partial charge in [-0.2, -0.15) is 4.31 Å². The van der Waals surface area contributed by atoms with E-state index >= 15 is 0 Å². The number of rotatable bonds is 7. The molecule has 1 saturated heterocycles. The summed E-state index contributed by atoms with van der Waals surface area (Å²) in [7, 11) is -3.66. The zero-order chi connectivity index (χ0) is 27.8. The first-order valence-electron chi connectivity index (χ1n) is 13.2. The Labute approximate surface area is 240 Å². The van der Waals surface area contributed by atoms with E-state index in [0.717, 1.165) is 27.6 Å². The largest absolute Gasteiger partial charge is 0.379 e. The molecule has 0 spiro atoms. The van der Waals surface area contributed by atoms with E-state index in [0.29, 0.717) is 45.7 Å². The number of ether oxygens (including phenoxy) is 1. The van der Waals surface area contributed by atoms with E-state index in [1.54, 1.807) is 30.9 Å². The fourth-order valence-corrected chi connectivity index (χ4v) is 6.56. The standard InChI is InChI=1S/C28H35N5O5S.ClH/c1-28(2,29)27(35)31-25(16-20-17-30-24-6-4-3-5-23(20)24)26(34)32-10-9-19-7-8-22(15-21(19)18-32)39(36,37)33-11-13-38-14-12-33;/h3-8,15,17,25,30H,9-14,16,18,29H2,1-2H3,(H,31,35);1H/t25-;/m1./s1. The number of benzene rings is 2. The van der Waals surface area contributed by atoms with Gasteiger partial charge in [0.1, 0.15) is 6.04 Å². The molecule has 2 amide bonds. The van der Waals surface area contributed by atoms with Crippen molar-refractivity contribution in [2.24, 2.45) is 5.73 Å². The molecule has 12 heteroatoms. The Bertz CT molecular complexity index is 1490. The Morgan fingerprint density at radius 2 is 1.82 bits per heavy atom. The summed E-state index contributed by atoms with van der Waals surface area (Å²) in [6.07, 6.45) is 2.74. The molecule has 216 valence electrons. The Morgan fingerprint density at radius 1 is 1.10 bits per heavy atom. The van der Waals surface area contributed by atoms with Crippen LogP contribution < -0.4 is 11.1 Å². The number of halogens is 1. The number of nitrogens with one attached hydrogen (secondary N) is 2. The van der Waals surface area contributed by atoms with Crippen molar-refractivity contribution in [3.05, 3.63) is 65.4 Å². The SMILES string of the molecule is CC(C)(N)C(=O)N[C@H](Cc1c[nH]c2ccccc12)C(=O)N1CCc2ccc(S(=O)(=O)N3CCOCC3)cc2C1.Cl. The molecule has 3 aromatic rings. The zero-order valence-corrected chi connectivity index (χ0v) is 24.3. The molecule has 2 aliphatic heterocycles. The van der Waals surface area contributed by atoms with Gasteiger partial charge in [0, 0.05) is 49.7 Å². The first-order valence-corrected chi connectivity index (χ1v) is 14.6. The van der Waals surface area contributed by atoms with Crippen molar-refractivity contribution in [1.29, 1.82) is 0 Å². The molecule has 1 atom stereocenters. The van der Waals surface area contributed by atoms with Crippen LogP contribution in [0.2, 0.25) is 0 Å². The van der Waals surface area contributed by atoms with Gasteiger partial charge in [-0.15, -0.1) is 12.4 Å². The summed E-state index contributed by atoms with van der Waals surface area (Å²) in [4.78, 5) is 31.9. The van der Waals surface area contributed by atoms with Gasteiger partial charge >= 0.3 is 0 Å². The van der Waals surface area contributed by atoms with Crippen LogP contribution in [-0.2, 0) is 43.7 Å². The van der Waals surface area contributed by atoms with Crippen molar-refractivity contribution in [3.8, 4) is 0 Å². The molecule has 10 nitrogen and oxygen atoms in total. The zero-order valence-electron chi connectivity index (χ0n) is 22.7. The molecule has 0 unspecified atom stereocenters. The Kier molecular flexibility index (Phi) is 8.91. The summed E-state index contributed by atoms with van der Waals surface area (Å²) < 4.78 is 33.2. The fraction of sp³-hybridized carbons (Fsp3) is 0.429.